The quantitative estimate of drug-likeness (QED) is 0.652. The second-order valence-electron chi connectivity index (χ2n) is 6.88. The molecule has 2 aromatic heterocycles. The van der Waals surface area contributed by atoms with Gasteiger partial charge in [0.25, 0.3) is 0 Å². The molecule has 0 spiro atoms. The number of pyridine rings is 1. The van der Waals surface area contributed by atoms with Crippen LogP contribution >= 0.6 is 23.2 Å². The first-order valence-corrected chi connectivity index (χ1v) is 9.97. The minimum Gasteiger partial charge on any atom is -0.306 e. The summed E-state index contributed by atoms with van der Waals surface area (Å²) in [6.07, 6.45) is 13.3. The molecule has 0 aliphatic heterocycles. The minimum absolute atomic E-state index is 0.426. The molecule has 0 saturated heterocycles. The smallest absolute Gasteiger partial charge is 0.144 e. The van der Waals surface area contributed by atoms with Gasteiger partial charge in [-0.3, -0.25) is 0 Å². The lowest BCUT2D eigenvalue weighted by molar-refractivity contribution is 0.651. The molecule has 0 radical (unpaired) electrons. The largest absolute Gasteiger partial charge is 0.306 e. The molecular formula is C19H19Cl2N3OS. The van der Waals surface area contributed by atoms with E-state index in [1.807, 2.05) is 61.9 Å². The minimum atomic E-state index is -1.35. The van der Waals surface area contributed by atoms with E-state index in [0.29, 0.717) is 16.5 Å². The lowest BCUT2D eigenvalue weighted by Gasteiger charge is -2.14. The van der Waals surface area contributed by atoms with Crippen LogP contribution in [0.2, 0.25) is 0 Å². The van der Waals surface area contributed by atoms with E-state index >= 15 is 0 Å². The first kappa shape index (κ1) is 19.1. The molecule has 0 N–H and O–H groups in total. The van der Waals surface area contributed by atoms with Gasteiger partial charge in [-0.25, -0.2) is 9.19 Å². The number of allylic oxidation sites excluding steroid dienone is 6. The molecule has 0 saturated carbocycles. The van der Waals surface area contributed by atoms with Crippen LogP contribution in [0.25, 0.3) is 11.2 Å². The van der Waals surface area contributed by atoms with Gasteiger partial charge in [-0.2, -0.15) is 4.40 Å². The maximum atomic E-state index is 12.3. The number of halogens is 2. The van der Waals surface area contributed by atoms with Crippen molar-refractivity contribution in [1.82, 2.24) is 9.38 Å². The van der Waals surface area contributed by atoms with Crippen LogP contribution in [0, 0.1) is 0 Å². The number of rotatable bonds is 3. The van der Waals surface area contributed by atoms with E-state index in [2.05, 4.69) is 9.38 Å². The lowest BCUT2D eigenvalue weighted by Crippen LogP contribution is -2.19. The normalized spacial score (nSPS) is 17.0. The number of nitrogens with zero attached hydrogens (tertiary/aromatic N) is 3. The maximum Gasteiger partial charge on any atom is 0.144 e. The van der Waals surface area contributed by atoms with Crippen LogP contribution in [0.5, 0.6) is 0 Å². The van der Waals surface area contributed by atoms with E-state index in [1.165, 1.54) is 0 Å². The fraction of sp³-hybridized carbons (Fsp3) is 0.263. The molecular weight excluding hydrogens is 389 g/mol. The summed E-state index contributed by atoms with van der Waals surface area (Å²) in [6, 6.07) is 1.91. The third-order valence-electron chi connectivity index (χ3n) is 3.84. The summed E-state index contributed by atoms with van der Waals surface area (Å²) in [5, 5.41) is 1.33. The van der Waals surface area contributed by atoms with Gasteiger partial charge in [0.1, 0.15) is 16.6 Å². The Morgan fingerprint density at radius 2 is 2.08 bits per heavy atom. The Bertz CT molecular complexity index is 994. The predicted octanol–water partition coefficient (Wildman–Crippen LogP) is 5.25. The predicted molar refractivity (Wildman–Crippen MR) is 111 cm³/mol. The third-order valence-corrected chi connectivity index (χ3v) is 5.82. The highest BCUT2D eigenvalue weighted by atomic mass is 35.5. The zero-order valence-electron chi connectivity index (χ0n) is 14.7. The Kier molecular flexibility index (Phi) is 5.51. The molecule has 2 aromatic rings. The number of hydrogen-bond acceptors (Lipinski definition) is 2. The van der Waals surface area contributed by atoms with Crippen LogP contribution in [-0.2, 0) is 11.0 Å². The summed E-state index contributed by atoms with van der Waals surface area (Å²) >= 11 is 12.6. The van der Waals surface area contributed by atoms with Crippen molar-refractivity contribution in [3.8, 4) is 0 Å². The Balaban J connectivity index is 2.13. The highest BCUT2D eigenvalue weighted by Crippen LogP contribution is 2.31. The Morgan fingerprint density at radius 1 is 1.31 bits per heavy atom. The third kappa shape index (κ3) is 4.17. The molecule has 1 aliphatic carbocycles. The second kappa shape index (κ2) is 7.51. The number of imidazole rings is 1. The topological polar surface area (TPSA) is 46.7 Å². The van der Waals surface area contributed by atoms with Gasteiger partial charge in [-0.05, 0) is 38.5 Å². The van der Waals surface area contributed by atoms with Crippen LogP contribution in [-0.4, -0.2) is 24.6 Å². The molecule has 2 heterocycles. The van der Waals surface area contributed by atoms with Gasteiger partial charge in [0.2, 0.25) is 0 Å². The Hall–Kier alpha value is -1.69. The van der Waals surface area contributed by atoms with Crippen molar-refractivity contribution in [3.05, 3.63) is 64.1 Å². The van der Waals surface area contributed by atoms with Gasteiger partial charge in [-0.15, -0.1) is 0 Å². The van der Waals surface area contributed by atoms with Gasteiger partial charge in [0.05, 0.1) is 4.75 Å². The van der Waals surface area contributed by atoms with Crippen molar-refractivity contribution < 1.29 is 4.21 Å². The molecule has 3 rings (SSSR count). The van der Waals surface area contributed by atoms with Crippen molar-refractivity contribution >= 4 is 51.6 Å². The monoisotopic (exact) mass is 407 g/mol. The SMILES string of the molecule is CC(C)(C)S(=O)/N=C/c1cc2nccn2cc1C1=C(Cl)CC=C(Cl)C=C1. The van der Waals surface area contributed by atoms with Crippen LogP contribution in [0.15, 0.2) is 57.3 Å². The van der Waals surface area contributed by atoms with E-state index in [4.69, 9.17) is 23.2 Å². The number of hydrogen-bond donors (Lipinski definition) is 0. The molecule has 1 atom stereocenters. The summed E-state index contributed by atoms with van der Waals surface area (Å²) in [4.78, 5) is 4.32. The standard InChI is InChI=1S/C19H19Cl2N3OS/c1-19(2,3)26(25)23-11-13-10-18-22-8-9-24(18)12-16(13)15-6-4-14(20)5-7-17(15)21/h4-6,8-12H,7H2,1-3H3/b23-11+. The lowest BCUT2D eigenvalue weighted by atomic mass is 10.0. The van der Waals surface area contributed by atoms with E-state index < -0.39 is 15.7 Å². The molecule has 0 bridgehead atoms. The van der Waals surface area contributed by atoms with Gasteiger partial charge in [0, 0.05) is 52.4 Å². The highest BCUT2D eigenvalue weighted by Gasteiger charge is 2.19. The molecule has 1 unspecified atom stereocenters. The first-order valence-electron chi connectivity index (χ1n) is 8.11. The fourth-order valence-electron chi connectivity index (χ4n) is 2.42. The van der Waals surface area contributed by atoms with Crippen molar-refractivity contribution in [2.24, 2.45) is 4.40 Å². The van der Waals surface area contributed by atoms with E-state index in [-0.39, 0.29) is 0 Å². The molecule has 136 valence electrons. The molecule has 0 fully saturated rings. The Labute approximate surface area is 165 Å². The summed E-state index contributed by atoms with van der Waals surface area (Å²) < 4.78 is 18.1. The maximum absolute atomic E-state index is 12.3. The van der Waals surface area contributed by atoms with Crippen molar-refractivity contribution in [3.63, 3.8) is 0 Å². The first-order chi connectivity index (χ1) is 12.3. The van der Waals surface area contributed by atoms with Crippen LogP contribution in [0.4, 0.5) is 0 Å². The number of fused-ring (bicyclic) bond motifs is 1. The second-order valence-corrected chi connectivity index (χ2v) is 9.70. The molecule has 0 amide bonds. The van der Waals surface area contributed by atoms with E-state index in [1.54, 1.807) is 12.4 Å². The number of aromatic nitrogens is 2. The van der Waals surface area contributed by atoms with Crippen molar-refractivity contribution in [1.29, 1.82) is 0 Å². The molecule has 1 aliphatic rings. The molecule has 4 nitrogen and oxygen atoms in total. The van der Waals surface area contributed by atoms with Gasteiger partial charge in [-0.1, -0.05) is 35.4 Å². The average Bonchev–Trinajstić information content (AvgIpc) is 2.96. The van der Waals surface area contributed by atoms with Crippen molar-refractivity contribution in [2.75, 3.05) is 0 Å². The van der Waals surface area contributed by atoms with E-state index in [9.17, 15) is 4.21 Å². The van der Waals surface area contributed by atoms with Gasteiger partial charge < -0.3 is 4.40 Å². The molecule has 7 heteroatoms. The zero-order chi connectivity index (χ0) is 18.9. The Morgan fingerprint density at radius 3 is 2.81 bits per heavy atom. The van der Waals surface area contributed by atoms with Crippen LogP contribution < -0.4 is 0 Å². The van der Waals surface area contributed by atoms with Gasteiger partial charge in [0.15, 0.2) is 0 Å². The fourth-order valence-corrected chi connectivity index (χ4v) is 3.33. The summed E-state index contributed by atoms with van der Waals surface area (Å²) in [6.45, 7) is 5.67. The zero-order valence-corrected chi connectivity index (χ0v) is 17.1. The average molecular weight is 408 g/mol. The summed E-state index contributed by atoms with van der Waals surface area (Å²) in [5.41, 5.74) is 3.32. The van der Waals surface area contributed by atoms with Crippen molar-refractivity contribution in [2.45, 2.75) is 31.9 Å². The highest BCUT2D eigenvalue weighted by molar-refractivity contribution is 7.85. The van der Waals surface area contributed by atoms with Gasteiger partial charge >= 0.3 is 0 Å². The van der Waals surface area contributed by atoms with Crippen LogP contribution in [0.3, 0.4) is 0 Å². The van der Waals surface area contributed by atoms with E-state index in [0.717, 1.165) is 22.3 Å². The summed E-state index contributed by atoms with van der Waals surface area (Å²) in [7, 11) is -1.35. The summed E-state index contributed by atoms with van der Waals surface area (Å²) in [5.74, 6) is 0. The molecule has 0 aromatic carbocycles. The van der Waals surface area contributed by atoms with Crippen LogP contribution in [0.1, 0.15) is 38.3 Å². The molecule has 26 heavy (non-hydrogen) atoms.